The quantitative estimate of drug-likeness (QED) is 0.562. The monoisotopic (exact) mass is 340 g/mol. The molecule has 0 radical (unpaired) electrons. The van der Waals surface area contributed by atoms with E-state index in [1.54, 1.807) is 55.6 Å². The first-order chi connectivity index (χ1) is 12.2. The predicted molar refractivity (Wildman–Crippen MR) is 91.1 cm³/mol. The molecule has 0 unspecified atom stereocenters. The van der Waals surface area contributed by atoms with Gasteiger partial charge in [-0.1, -0.05) is 18.2 Å². The Labute approximate surface area is 143 Å². The average molecular weight is 340 g/mol. The fourth-order valence-corrected chi connectivity index (χ4v) is 2.42. The molecule has 0 aliphatic rings. The standard InChI is InChI=1S/C18H16N2O5/c1-23-13-7-4-6-12(10-13)19-17(21)14-9-11-5-3-8-15(24-2)16(11)25-18(14)20-22/h3-10,22H,1-2H3,(H,19,21)/b20-18+. The third-order valence-corrected chi connectivity index (χ3v) is 3.62. The molecule has 3 aromatic rings. The van der Waals surface area contributed by atoms with E-state index in [2.05, 4.69) is 10.5 Å². The maximum atomic E-state index is 12.6. The first kappa shape index (κ1) is 16.4. The number of nitrogens with zero attached hydrogens (tertiary/aromatic N) is 1. The van der Waals surface area contributed by atoms with Crippen molar-refractivity contribution in [1.29, 1.82) is 0 Å². The zero-order valence-corrected chi connectivity index (χ0v) is 13.6. The Hall–Kier alpha value is -3.48. The summed E-state index contributed by atoms with van der Waals surface area (Å²) in [5, 5.41) is 15.7. The number of anilines is 1. The molecule has 1 aromatic heterocycles. The van der Waals surface area contributed by atoms with Crippen molar-refractivity contribution in [3.63, 3.8) is 0 Å². The van der Waals surface area contributed by atoms with Gasteiger partial charge >= 0.3 is 0 Å². The molecule has 25 heavy (non-hydrogen) atoms. The van der Waals surface area contributed by atoms with Gasteiger partial charge < -0.3 is 24.4 Å². The summed E-state index contributed by atoms with van der Waals surface area (Å²) in [4.78, 5) is 12.6. The van der Waals surface area contributed by atoms with E-state index < -0.39 is 5.91 Å². The molecule has 0 spiro atoms. The summed E-state index contributed by atoms with van der Waals surface area (Å²) < 4.78 is 15.9. The molecular formula is C18H16N2O5. The zero-order valence-electron chi connectivity index (χ0n) is 13.6. The number of carbonyl (C=O) groups is 1. The first-order valence-electron chi connectivity index (χ1n) is 7.40. The molecule has 128 valence electrons. The lowest BCUT2D eigenvalue weighted by Crippen LogP contribution is -2.21. The molecule has 1 heterocycles. The third kappa shape index (κ3) is 3.25. The molecule has 2 N–H and O–H groups in total. The highest BCUT2D eigenvalue weighted by Gasteiger charge is 2.15. The Morgan fingerprint density at radius 2 is 1.92 bits per heavy atom. The highest BCUT2D eigenvalue weighted by atomic mass is 16.5. The van der Waals surface area contributed by atoms with Crippen LogP contribution in [0, 0.1) is 0 Å². The highest BCUT2D eigenvalue weighted by molar-refractivity contribution is 6.05. The predicted octanol–water partition coefficient (Wildman–Crippen LogP) is 2.99. The van der Waals surface area contributed by atoms with Gasteiger partial charge in [0.15, 0.2) is 11.3 Å². The lowest BCUT2D eigenvalue weighted by atomic mass is 10.1. The van der Waals surface area contributed by atoms with Crippen LogP contribution >= 0.6 is 0 Å². The van der Waals surface area contributed by atoms with Crippen LogP contribution in [-0.2, 0) is 0 Å². The Morgan fingerprint density at radius 1 is 1.12 bits per heavy atom. The first-order valence-corrected chi connectivity index (χ1v) is 7.40. The van der Waals surface area contributed by atoms with Crippen LogP contribution in [0.1, 0.15) is 10.4 Å². The van der Waals surface area contributed by atoms with Crippen LogP contribution < -0.4 is 20.3 Å². The summed E-state index contributed by atoms with van der Waals surface area (Å²) in [6.07, 6.45) is 0. The van der Waals surface area contributed by atoms with Crippen molar-refractivity contribution in [2.45, 2.75) is 0 Å². The fraction of sp³-hybridized carbons (Fsp3) is 0.111. The molecule has 7 nitrogen and oxygen atoms in total. The van der Waals surface area contributed by atoms with Crippen molar-refractivity contribution < 1.29 is 23.9 Å². The minimum absolute atomic E-state index is 0.0890. The summed E-state index contributed by atoms with van der Waals surface area (Å²) in [7, 11) is 3.04. The maximum Gasteiger partial charge on any atom is 0.268 e. The van der Waals surface area contributed by atoms with Crippen molar-refractivity contribution in [1.82, 2.24) is 0 Å². The number of rotatable bonds is 4. The molecule has 0 saturated heterocycles. The van der Waals surface area contributed by atoms with E-state index in [0.717, 1.165) is 0 Å². The number of fused-ring (bicyclic) bond motifs is 1. The van der Waals surface area contributed by atoms with Gasteiger partial charge in [0.2, 0.25) is 0 Å². The van der Waals surface area contributed by atoms with Crippen LogP contribution in [0.4, 0.5) is 5.69 Å². The number of carbonyl (C=O) groups excluding carboxylic acids is 1. The minimum atomic E-state index is -0.477. The van der Waals surface area contributed by atoms with E-state index in [1.807, 2.05) is 0 Å². The second-order valence-electron chi connectivity index (χ2n) is 5.13. The minimum Gasteiger partial charge on any atom is -0.497 e. The van der Waals surface area contributed by atoms with E-state index >= 15 is 0 Å². The van der Waals surface area contributed by atoms with E-state index in [9.17, 15) is 10.0 Å². The lowest BCUT2D eigenvalue weighted by Gasteiger charge is -2.09. The molecule has 0 aliphatic carbocycles. The number of para-hydroxylation sites is 1. The van der Waals surface area contributed by atoms with Gasteiger partial charge in [0.1, 0.15) is 11.3 Å². The van der Waals surface area contributed by atoms with Crippen molar-refractivity contribution >= 4 is 22.6 Å². The van der Waals surface area contributed by atoms with Gasteiger partial charge in [-0.25, -0.2) is 0 Å². The Balaban J connectivity index is 2.03. The molecule has 0 atom stereocenters. The second-order valence-corrected chi connectivity index (χ2v) is 5.13. The number of hydrogen-bond donors (Lipinski definition) is 2. The van der Waals surface area contributed by atoms with Crippen LogP contribution in [0.15, 0.2) is 58.1 Å². The van der Waals surface area contributed by atoms with Crippen molar-refractivity contribution in [2.75, 3.05) is 19.5 Å². The summed E-state index contributed by atoms with van der Waals surface area (Å²) >= 11 is 0. The Bertz CT molecular complexity index is 994. The summed E-state index contributed by atoms with van der Waals surface area (Å²) in [5.41, 5.74) is 0.804. The van der Waals surface area contributed by atoms with Gasteiger partial charge in [-0.05, 0) is 29.4 Å². The lowest BCUT2D eigenvalue weighted by molar-refractivity contribution is 0.102. The van der Waals surface area contributed by atoms with E-state index in [-0.39, 0.29) is 11.1 Å². The number of nitrogens with one attached hydrogen (secondary N) is 1. The summed E-state index contributed by atoms with van der Waals surface area (Å²) in [5.74, 6) is 0.606. The summed E-state index contributed by atoms with van der Waals surface area (Å²) in [6, 6.07) is 13.7. The fourth-order valence-electron chi connectivity index (χ4n) is 2.42. The molecule has 3 rings (SSSR count). The van der Waals surface area contributed by atoms with Crippen LogP contribution in [0.2, 0.25) is 0 Å². The van der Waals surface area contributed by atoms with Gasteiger partial charge in [-0.2, -0.15) is 0 Å². The van der Waals surface area contributed by atoms with Crippen LogP contribution in [0.5, 0.6) is 11.5 Å². The van der Waals surface area contributed by atoms with Gasteiger partial charge in [-0.15, -0.1) is 0 Å². The third-order valence-electron chi connectivity index (χ3n) is 3.62. The Morgan fingerprint density at radius 3 is 2.64 bits per heavy atom. The zero-order chi connectivity index (χ0) is 17.8. The number of ether oxygens (including phenoxy) is 2. The number of amides is 1. The molecule has 2 aromatic carbocycles. The number of hydrogen-bond acceptors (Lipinski definition) is 6. The van der Waals surface area contributed by atoms with E-state index in [1.165, 1.54) is 7.11 Å². The van der Waals surface area contributed by atoms with E-state index in [0.29, 0.717) is 28.2 Å². The molecule has 7 heteroatoms. The van der Waals surface area contributed by atoms with Crippen molar-refractivity contribution in [3.05, 3.63) is 59.6 Å². The highest BCUT2D eigenvalue weighted by Crippen LogP contribution is 2.25. The number of methoxy groups -OCH3 is 2. The van der Waals surface area contributed by atoms with Crippen LogP contribution in [-0.4, -0.2) is 25.3 Å². The van der Waals surface area contributed by atoms with Crippen LogP contribution in [0.3, 0.4) is 0 Å². The van der Waals surface area contributed by atoms with Crippen LogP contribution in [0.25, 0.3) is 11.0 Å². The van der Waals surface area contributed by atoms with Gasteiger partial charge in [0.25, 0.3) is 11.5 Å². The molecule has 0 bridgehead atoms. The SMILES string of the molecule is COc1cccc(NC(=O)c2cc3cccc(OC)c3o/c2=N/O)c1. The van der Waals surface area contributed by atoms with Gasteiger partial charge in [-0.3, -0.25) is 4.79 Å². The molecular weight excluding hydrogens is 324 g/mol. The maximum absolute atomic E-state index is 12.6. The molecule has 0 saturated carbocycles. The van der Waals surface area contributed by atoms with Crippen molar-refractivity contribution in [2.24, 2.45) is 5.16 Å². The second kappa shape index (κ2) is 6.96. The smallest absolute Gasteiger partial charge is 0.268 e. The van der Waals surface area contributed by atoms with E-state index in [4.69, 9.17) is 13.9 Å². The molecule has 1 amide bonds. The average Bonchev–Trinajstić information content (AvgIpc) is 2.66. The normalized spacial score (nSPS) is 11.4. The van der Waals surface area contributed by atoms with Gasteiger partial charge in [0.05, 0.1) is 14.2 Å². The topological polar surface area (TPSA) is 93.3 Å². The molecule has 0 aliphatic heterocycles. The molecule has 0 fully saturated rings. The Kier molecular flexibility index (Phi) is 4.56. The summed E-state index contributed by atoms with van der Waals surface area (Å²) in [6.45, 7) is 0. The number of benzene rings is 2. The van der Waals surface area contributed by atoms with Crippen molar-refractivity contribution in [3.8, 4) is 11.5 Å². The largest absolute Gasteiger partial charge is 0.497 e. The van der Waals surface area contributed by atoms with Gasteiger partial charge in [0, 0.05) is 17.1 Å².